The van der Waals surface area contributed by atoms with Crippen molar-refractivity contribution in [3.8, 4) is 17.1 Å². The molecule has 2 N–H and O–H groups in total. The van der Waals surface area contributed by atoms with Crippen LogP contribution in [0.25, 0.3) is 17.1 Å². The van der Waals surface area contributed by atoms with Gasteiger partial charge in [0.2, 0.25) is 5.91 Å². The lowest BCUT2D eigenvalue weighted by Crippen LogP contribution is -2.42. The van der Waals surface area contributed by atoms with Crippen LogP contribution in [0, 0.1) is 12.8 Å². The first-order valence-electron chi connectivity index (χ1n) is 9.44. The van der Waals surface area contributed by atoms with Crippen LogP contribution in [0.1, 0.15) is 29.1 Å². The third-order valence-electron chi connectivity index (χ3n) is 5.19. The second-order valence-corrected chi connectivity index (χ2v) is 7.56. The second-order valence-electron chi connectivity index (χ2n) is 7.16. The molecule has 3 aromatic rings. The number of benzene rings is 1. The molecule has 29 heavy (non-hydrogen) atoms. The quantitative estimate of drug-likeness (QED) is 0.710. The van der Waals surface area contributed by atoms with Gasteiger partial charge in [0.15, 0.2) is 5.76 Å². The fourth-order valence-corrected chi connectivity index (χ4v) is 3.78. The van der Waals surface area contributed by atoms with Crippen molar-refractivity contribution in [2.75, 3.05) is 13.1 Å². The Morgan fingerprint density at radius 2 is 1.90 bits per heavy atom. The van der Waals surface area contributed by atoms with Crippen LogP contribution >= 0.6 is 11.6 Å². The Hall–Kier alpha value is -3.06. The van der Waals surface area contributed by atoms with Gasteiger partial charge in [0.25, 0.3) is 5.91 Å². The minimum absolute atomic E-state index is 0.171. The van der Waals surface area contributed by atoms with Crippen molar-refractivity contribution in [3.05, 3.63) is 58.9 Å². The van der Waals surface area contributed by atoms with Gasteiger partial charge in [-0.15, -0.1) is 0 Å². The average Bonchev–Trinajstić information content (AvgIpc) is 3.34. The van der Waals surface area contributed by atoms with Gasteiger partial charge in [-0.1, -0.05) is 23.7 Å². The zero-order chi connectivity index (χ0) is 20.5. The van der Waals surface area contributed by atoms with Crippen molar-refractivity contribution in [3.63, 3.8) is 0 Å². The normalized spacial score (nSPS) is 14.9. The summed E-state index contributed by atoms with van der Waals surface area (Å²) in [5.41, 5.74) is 6.95. The number of likely N-dealkylation sites (tertiary alicyclic amines) is 1. The van der Waals surface area contributed by atoms with Crippen molar-refractivity contribution < 1.29 is 14.0 Å². The zero-order valence-electron chi connectivity index (χ0n) is 16.0. The fourth-order valence-electron chi connectivity index (χ4n) is 3.56. The van der Waals surface area contributed by atoms with Crippen LogP contribution in [-0.4, -0.2) is 39.6 Å². The van der Waals surface area contributed by atoms with Crippen molar-refractivity contribution in [2.45, 2.75) is 19.8 Å². The highest BCUT2D eigenvalue weighted by Gasteiger charge is 2.29. The molecule has 0 unspecified atom stereocenters. The number of nitrogens with two attached hydrogens (primary N) is 1. The predicted octanol–water partition coefficient (Wildman–Crippen LogP) is 3.43. The maximum atomic E-state index is 13.3. The number of aromatic nitrogens is 2. The van der Waals surface area contributed by atoms with E-state index in [0.717, 1.165) is 5.76 Å². The van der Waals surface area contributed by atoms with Crippen LogP contribution in [0.3, 0.4) is 0 Å². The van der Waals surface area contributed by atoms with Gasteiger partial charge in [0, 0.05) is 25.1 Å². The number of furan rings is 1. The van der Waals surface area contributed by atoms with Crippen molar-refractivity contribution >= 4 is 23.4 Å². The Morgan fingerprint density at radius 3 is 2.52 bits per heavy atom. The number of piperidine rings is 1. The Bertz CT molecular complexity index is 1060. The summed E-state index contributed by atoms with van der Waals surface area (Å²) in [5, 5.41) is 5.09. The average molecular weight is 413 g/mol. The van der Waals surface area contributed by atoms with Gasteiger partial charge in [-0.05, 0) is 44.0 Å². The number of carbonyl (C=O) groups excluding carboxylic acids is 2. The van der Waals surface area contributed by atoms with Crippen molar-refractivity contribution in [1.29, 1.82) is 0 Å². The number of para-hydroxylation sites is 1. The van der Waals surface area contributed by atoms with Gasteiger partial charge in [-0.2, -0.15) is 5.10 Å². The summed E-state index contributed by atoms with van der Waals surface area (Å²) in [7, 11) is 0. The molecule has 1 fully saturated rings. The highest BCUT2D eigenvalue weighted by atomic mass is 35.5. The molecular weight excluding hydrogens is 392 g/mol. The summed E-state index contributed by atoms with van der Waals surface area (Å²) in [6.07, 6.45) is 1.12. The van der Waals surface area contributed by atoms with E-state index >= 15 is 0 Å². The third-order valence-corrected chi connectivity index (χ3v) is 5.51. The standard InChI is InChI=1S/C21H21ClN4O3/c1-13-6-7-19(29-13)16-12-18(26(24-16)17-5-3-2-4-15(17)22)21(28)25-10-8-14(9-11-25)20(23)27/h2-7,12,14H,8-11H2,1H3,(H2,23,27). The van der Waals surface area contributed by atoms with Gasteiger partial charge in [0.1, 0.15) is 17.1 Å². The number of hydrogen-bond acceptors (Lipinski definition) is 4. The van der Waals surface area contributed by atoms with E-state index in [4.69, 9.17) is 21.8 Å². The van der Waals surface area contributed by atoms with Gasteiger partial charge >= 0.3 is 0 Å². The van der Waals surface area contributed by atoms with Crippen LogP contribution in [0.15, 0.2) is 46.9 Å². The van der Waals surface area contributed by atoms with Crippen LogP contribution < -0.4 is 5.73 Å². The molecule has 0 saturated carbocycles. The maximum absolute atomic E-state index is 13.3. The minimum atomic E-state index is -0.311. The predicted molar refractivity (Wildman–Crippen MR) is 109 cm³/mol. The molecule has 0 bridgehead atoms. The third kappa shape index (κ3) is 3.78. The Balaban J connectivity index is 1.71. The molecule has 2 aromatic heterocycles. The lowest BCUT2D eigenvalue weighted by molar-refractivity contribution is -0.123. The fraction of sp³-hybridized carbons (Fsp3) is 0.286. The first-order chi connectivity index (χ1) is 13.9. The SMILES string of the molecule is Cc1ccc(-c2cc(C(=O)N3CCC(C(N)=O)CC3)n(-c3ccccc3Cl)n2)o1. The van der Waals surface area contributed by atoms with E-state index in [2.05, 4.69) is 5.10 Å². The van der Waals surface area contributed by atoms with E-state index in [0.29, 0.717) is 53.8 Å². The van der Waals surface area contributed by atoms with Crippen LogP contribution in [0.2, 0.25) is 5.02 Å². The second kappa shape index (κ2) is 7.75. The number of primary amides is 1. The molecule has 1 aromatic carbocycles. The molecule has 4 rings (SSSR count). The van der Waals surface area contributed by atoms with Gasteiger partial charge < -0.3 is 15.1 Å². The lowest BCUT2D eigenvalue weighted by Gasteiger charge is -2.30. The number of carbonyl (C=O) groups is 2. The number of rotatable bonds is 4. The number of halogens is 1. The number of hydrogen-bond donors (Lipinski definition) is 1. The largest absolute Gasteiger partial charge is 0.460 e. The Morgan fingerprint density at radius 1 is 1.17 bits per heavy atom. The Kier molecular flexibility index (Phi) is 5.15. The highest BCUT2D eigenvalue weighted by Crippen LogP contribution is 2.28. The van der Waals surface area contributed by atoms with Crippen molar-refractivity contribution in [1.82, 2.24) is 14.7 Å². The molecule has 7 nitrogen and oxygen atoms in total. The molecule has 0 aliphatic carbocycles. The molecule has 1 saturated heterocycles. The molecular formula is C21H21ClN4O3. The first-order valence-corrected chi connectivity index (χ1v) is 9.82. The smallest absolute Gasteiger partial charge is 0.272 e. The van der Waals surface area contributed by atoms with E-state index in [9.17, 15) is 9.59 Å². The summed E-state index contributed by atoms with van der Waals surface area (Å²) in [4.78, 5) is 26.4. The molecule has 0 spiro atoms. The monoisotopic (exact) mass is 412 g/mol. The van der Waals surface area contributed by atoms with Crippen molar-refractivity contribution in [2.24, 2.45) is 11.7 Å². The topological polar surface area (TPSA) is 94.4 Å². The summed E-state index contributed by atoms with van der Waals surface area (Å²) >= 11 is 6.37. The molecule has 1 aliphatic heterocycles. The van der Waals surface area contributed by atoms with Crippen LogP contribution in [0.4, 0.5) is 0 Å². The Labute approximate surface area is 173 Å². The molecule has 0 atom stereocenters. The van der Waals surface area contributed by atoms with E-state index in [1.807, 2.05) is 37.3 Å². The van der Waals surface area contributed by atoms with Crippen LogP contribution in [-0.2, 0) is 4.79 Å². The summed E-state index contributed by atoms with van der Waals surface area (Å²) < 4.78 is 7.24. The van der Waals surface area contributed by atoms with Gasteiger partial charge in [-0.3, -0.25) is 9.59 Å². The summed E-state index contributed by atoms with van der Waals surface area (Å²) in [6, 6.07) is 12.6. The number of aryl methyl sites for hydroxylation is 1. The van der Waals surface area contributed by atoms with E-state index in [-0.39, 0.29) is 17.7 Å². The molecule has 150 valence electrons. The lowest BCUT2D eigenvalue weighted by atomic mass is 9.96. The maximum Gasteiger partial charge on any atom is 0.272 e. The zero-order valence-corrected chi connectivity index (χ0v) is 16.7. The van der Waals surface area contributed by atoms with E-state index in [1.165, 1.54) is 0 Å². The molecule has 2 amide bonds. The van der Waals surface area contributed by atoms with Crippen LogP contribution in [0.5, 0.6) is 0 Å². The number of nitrogens with zero attached hydrogens (tertiary/aromatic N) is 3. The summed E-state index contributed by atoms with van der Waals surface area (Å²) in [6.45, 7) is 2.79. The molecule has 8 heteroatoms. The minimum Gasteiger partial charge on any atom is -0.460 e. The molecule has 1 aliphatic rings. The first kappa shape index (κ1) is 19.3. The summed E-state index contributed by atoms with van der Waals surface area (Å²) in [5.74, 6) is 0.668. The highest BCUT2D eigenvalue weighted by molar-refractivity contribution is 6.32. The van der Waals surface area contributed by atoms with Gasteiger partial charge in [-0.25, -0.2) is 4.68 Å². The van der Waals surface area contributed by atoms with Gasteiger partial charge in [0.05, 0.1) is 10.7 Å². The molecule has 3 heterocycles. The number of amides is 2. The van der Waals surface area contributed by atoms with E-state index < -0.39 is 0 Å². The van der Waals surface area contributed by atoms with E-state index in [1.54, 1.807) is 21.7 Å². The molecule has 0 radical (unpaired) electrons.